The zero-order chi connectivity index (χ0) is 14.2. The van der Waals surface area contributed by atoms with E-state index >= 15 is 0 Å². The third kappa shape index (κ3) is 2.65. The summed E-state index contributed by atoms with van der Waals surface area (Å²) in [4.78, 5) is 0. The molecule has 0 saturated carbocycles. The number of aliphatic hydroxyl groups excluding tert-OH is 1. The summed E-state index contributed by atoms with van der Waals surface area (Å²) in [6.07, 6.45) is -1.05. The van der Waals surface area contributed by atoms with Crippen molar-refractivity contribution in [2.45, 2.75) is 26.9 Å². The lowest BCUT2D eigenvalue weighted by Crippen LogP contribution is -2.07. The smallest absolute Gasteiger partial charge is 0.129 e. The monoisotopic (exact) mass is 278 g/mol. The van der Waals surface area contributed by atoms with Crippen LogP contribution in [0.3, 0.4) is 0 Å². The molecule has 0 heterocycles. The molecule has 0 aliphatic rings. The first-order chi connectivity index (χ1) is 8.91. The topological polar surface area (TPSA) is 20.2 Å². The van der Waals surface area contributed by atoms with Crippen molar-refractivity contribution in [3.05, 3.63) is 69.0 Å². The Morgan fingerprint density at radius 3 is 2.42 bits per heavy atom. The summed E-state index contributed by atoms with van der Waals surface area (Å²) < 4.78 is 14.1. The standard InChI is InChI=1S/C16H16ClFO/c1-9-7-11(3)14(13(18)8-9)16(19)12-6-4-5-10(2)15(12)17/h4-8,16,19H,1-3H3. The summed E-state index contributed by atoms with van der Waals surface area (Å²) in [5.74, 6) is -0.400. The molecule has 0 fully saturated rings. The Morgan fingerprint density at radius 1 is 1.11 bits per heavy atom. The van der Waals surface area contributed by atoms with Crippen molar-refractivity contribution < 1.29 is 9.50 Å². The molecule has 0 aromatic heterocycles. The second kappa shape index (κ2) is 5.32. The minimum atomic E-state index is -1.05. The van der Waals surface area contributed by atoms with E-state index in [0.717, 1.165) is 16.7 Å². The van der Waals surface area contributed by atoms with Gasteiger partial charge >= 0.3 is 0 Å². The molecule has 0 aliphatic carbocycles. The van der Waals surface area contributed by atoms with Crippen LogP contribution in [0.15, 0.2) is 30.3 Å². The van der Waals surface area contributed by atoms with E-state index < -0.39 is 11.9 Å². The quantitative estimate of drug-likeness (QED) is 0.858. The minimum Gasteiger partial charge on any atom is -0.383 e. The fourth-order valence-electron chi connectivity index (χ4n) is 2.31. The fourth-order valence-corrected chi connectivity index (χ4v) is 2.54. The van der Waals surface area contributed by atoms with Crippen molar-refractivity contribution in [3.63, 3.8) is 0 Å². The molecule has 2 rings (SSSR count). The molecule has 0 bridgehead atoms. The van der Waals surface area contributed by atoms with Gasteiger partial charge in [-0.2, -0.15) is 0 Å². The van der Waals surface area contributed by atoms with Gasteiger partial charge in [-0.05, 0) is 43.5 Å². The summed E-state index contributed by atoms with van der Waals surface area (Å²) >= 11 is 6.19. The maximum Gasteiger partial charge on any atom is 0.129 e. The van der Waals surface area contributed by atoms with E-state index in [4.69, 9.17) is 11.6 Å². The van der Waals surface area contributed by atoms with Gasteiger partial charge in [-0.25, -0.2) is 4.39 Å². The lowest BCUT2D eigenvalue weighted by atomic mass is 9.94. The molecule has 0 saturated heterocycles. The highest BCUT2D eigenvalue weighted by atomic mass is 35.5. The molecule has 1 atom stereocenters. The largest absolute Gasteiger partial charge is 0.383 e. The Labute approximate surface area is 117 Å². The molecule has 3 heteroatoms. The van der Waals surface area contributed by atoms with Crippen LogP contribution in [-0.4, -0.2) is 5.11 Å². The average Bonchev–Trinajstić information content (AvgIpc) is 2.31. The van der Waals surface area contributed by atoms with Crippen LogP contribution < -0.4 is 0 Å². The molecular formula is C16H16ClFO. The van der Waals surface area contributed by atoms with Gasteiger partial charge in [-0.1, -0.05) is 35.9 Å². The number of aliphatic hydroxyl groups is 1. The second-order valence-electron chi connectivity index (χ2n) is 4.86. The molecule has 2 aromatic carbocycles. The van der Waals surface area contributed by atoms with E-state index in [1.807, 2.05) is 26.0 Å². The fraction of sp³-hybridized carbons (Fsp3) is 0.250. The number of halogens is 2. The third-order valence-electron chi connectivity index (χ3n) is 3.27. The maximum atomic E-state index is 14.1. The Kier molecular flexibility index (Phi) is 3.93. The van der Waals surface area contributed by atoms with Crippen LogP contribution in [-0.2, 0) is 0 Å². The summed E-state index contributed by atoms with van der Waals surface area (Å²) in [6, 6.07) is 8.66. The van der Waals surface area contributed by atoms with Crippen LogP contribution >= 0.6 is 11.6 Å². The molecular weight excluding hydrogens is 263 g/mol. The van der Waals surface area contributed by atoms with E-state index in [-0.39, 0.29) is 5.56 Å². The Balaban J connectivity index is 2.56. The van der Waals surface area contributed by atoms with Crippen LogP contribution in [0.1, 0.15) is 33.9 Å². The number of aryl methyl sites for hydroxylation is 3. The molecule has 2 aromatic rings. The van der Waals surface area contributed by atoms with Gasteiger partial charge in [0.2, 0.25) is 0 Å². The minimum absolute atomic E-state index is 0.290. The van der Waals surface area contributed by atoms with Crippen molar-refractivity contribution in [2.24, 2.45) is 0 Å². The normalized spacial score (nSPS) is 12.5. The summed E-state index contributed by atoms with van der Waals surface area (Å²) in [5.41, 5.74) is 3.25. The Hall–Kier alpha value is -1.38. The lowest BCUT2D eigenvalue weighted by Gasteiger charge is -2.18. The van der Waals surface area contributed by atoms with Gasteiger partial charge in [0.15, 0.2) is 0 Å². The van der Waals surface area contributed by atoms with E-state index in [0.29, 0.717) is 10.6 Å². The van der Waals surface area contributed by atoms with Gasteiger partial charge in [0, 0.05) is 16.1 Å². The Morgan fingerprint density at radius 2 is 1.79 bits per heavy atom. The summed E-state index contributed by atoms with van der Waals surface area (Å²) in [7, 11) is 0. The van der Waals surface area contributed by atoms with Crippen molar-refractivity contribution in [1.82, 2.24) is 0 Å². The molecule has 19 heavy (non-hydrogen) atoms. The molecule has 1 nitrogen and oxygen atoms in total. The molecule has 0 aliphatic heterocycles. The van der Waals surface area contributed by atoms with Gasteiger partial charge in [-0.3, -0.25) is 0 Å². The van der Waals surface area contributed by atoms with Crippen molar-refractivity contribution in [1.29, 1.82) is 0 Å². The molecule has 1 unspecified atom stereocenters. The van der Waals surface area contributed by atoms with Gasteiger partial charge in [0.05, 0.1) is 0 Å². The number of hydrogen-bond donors (Lipinski definition) is 1. The van der Waals surface area contributed by atoms with E-state index in [1.54, 1.807) is 19.1 Å². The second-order valence-corrected chi connectivity index (χ2v) is 5.24. The molecule has 0 amide bonds. The number of benzene rings is 2. The molecule has 0 spiro atoms. The molecule has 1 N–H and O–H groups in total. The first-order valence-corrected chi connectivity index (χ1v) is 6.49. The highest BCUT2D eigenvalue weighted by Crippen LogP contribution is 2.33. The SMILES string of the molecule is Cc1cc(C)c(C(O)c2cccc(C)c2Cl)c(F)c1. The van der Waals surface area contributed by atoms with Crippen molar-refractivity contribution >= 4 is 11.6 Å². The molecule has 100 valence electrons. The predicted octanol–water partition coefficient (Wildman–Crippen LogP) is 4.49. The summed E-state index contributed by atoms with van der Waals surface area (Å²) in [6.45, 7) is 5.47. The third-order valence-corrected chi connectivity index (χ3v) is 3.79. The maximum absolute atomic E-state index is 14.1. The van der Waals surface area contributed by atoms with Crippen molar-refractivity contribution in [2.75, 3.05) is 0 Å². The van der Waals surface area contributed by atoms with Crippen LogP contribution in [0.5, 0.6) is 0 Å². The highest BCUT2D eigenvalue weighted by Gasteiger charge is 2.20. The molecule has 0 radical (unpaired) electrons. The number of rotatable bonds is 2. The van der Waals surface area contributed by atoms with Crippen LogP contribution in [0.4, 0.5) is 4.39 Å². The average molecular weight is 279 g/mol. The van der Waals surface area contributed by atoms with Crippen molar-refractivity contribution in [3.8, 4) is 0 Å². The van der Waals surface area contributed by atoms with Crippen LogP contribution in [0, 0.1) is 26.6 Å². The predicted molar refractivity (Wildman–Crippen MR) is 76.1 cm³/mol. The van der Waals surface area contributed by atoms with Gasteiger partial charge < -0.3 is 5.11 Å². The van der Waals surface area contributed by atoms with Crippen LogP contribution in [0.25, 0.3) is 0 Å². The van der Waals surface area contributed by atoms with E-state index in [9.17, 15) is 9.50 Å². The van der Waals surface area contributed by atoms with E-state index in [2.05, 4.69) is 0 Å². The van der Waals surface area contributed by atoms with E-state index in [1.165, 1.54) is 6.07 Å². The Bertz CT molecular complexity index is 599. The zero-order valence-corrected chi connectivity index (χ0v) is 11.9. The highest BCUT2D eigenvalue weighted by molar-refractivity contribution is 6.32. The van der Waals surface area contributed by atoms with Gasteiger partial charge in [0.1, 0.15) is 11.9 Å². The summed E-state index contributed by atoms with van der Waals surface area (Å²) in [5, 5.41) is 10.9. The lowest BCUT2D eigenvalue weighted by molar-refractivity contribution is 0.214. The first-order valence-electron chi connectivity index (χ1n) is 6.11. The number of hydrogen-bond acceptors (Lipinski definition) is 1. The van der Waals surface area contributed by atoms with Gasteiger partial charge in [0.25, 0.3) is 0 Å². The first kappa shape index (κ1) is 14.0. The van der Waals surface area contributed by atoms with Crippen LogP contribution in [0.2, 0.25) is 5.02 Å². The van der Waals surface area contributed by atoms with Gasteiger partial charge in [-0.15, -0.1) is 0 Å². The zero-order valence-electron chi connectivity index (χ0n) is 11.2.